The van der Waals surface area contributed by atoms with Crippen molar-refractivity contribution in [3.8, 4) is 35.2 Å². The molecule has 3 aliphatic rings. The summed E-state index contributed by atoms with van der Waals surface area (Å²) < 4.78 is 48.0. The van der Waals surface area contributed by atoms with Gasteiger partial charge in [0.25, 0.3) is 0 Å². The van der Waals surface area contributed by atoms with Crippen molar-refractivity contribution in [1.82, 2.24) is 19.9 Å². The van der Waals surface area contributed by atoms with Crippen molar-refractivity contribution in [3.63, 3.8) is 0 Å². The van der Waals surface area contributed by atoms with E-state index in [1.54, 1.807) is 0 Å². The highest BCUT2D eigenvalue weighted by molar-refractivity contribution is 6.03. The summed E-state index contributed by atoms with van der Waals surface area (Å²) in [6, 6.07) is 6.07. The molecule has 5 heterocycles. The van der Waals surface area contributed by atoms with Crippen LogP contribution < -0.4 is 9.64 Å². The van der Waals surface area contributed by atoms with E-state index in [9.17, 15) is 13.9 Å². The molecule has 0 radical (unpaired) electrons. The molecule has 3 fully saturated rings. The van der Waals surface area contributed by atoms with Gasteiger partial charge in [-0.25, -0.2) is 28.1 Å². The van der Waals surface area contributed by atoms with Crippen molar-refractivity contribution in [2.75, 3.05) is 38.2 Å². The maximum absolute atomic E-state index is 15.8. The molecular weight excluding hydrogens is 519 g/mol. The van der Waals surface area contributed by atoms with Crippen LogP contribution in [0.5, 0.6) is 11.6 Å². The van der Waals surface area contributed by atoms with Crippen LogP contribution in [0.2, 0.25) is 0 Å². The first-order valence-corrected chi connectivity index (χ1v) is 13.3. The predicted octanol–water partition coefficient (Wildman–Crippen LogP) is 5.22. The number of hydrogen-bond acceptors (Lipinski definition) is 7. The van der Waals surface area contributed by atoms with E-state index in [0.717, 1.165) is 32.5 Å². The summed E-state index contributed by atoms with van der Waals surface area (Å²) in [7, 11) is 1.41. The van der Waals surface area contributed by atoms with Crippen LogP contribution in [-0.2, 0) is 0 Å². The Morgan fingerprint density at radius 2 is 1.93 bits per heavy atom. The fourth-order valence-electron chi connectivity index (χ4n) is 5.81. The third kappa shape index (κ3) is 4.54. The number of anilines is 1. The lowest BCUT2D eigenvalue weighted by molar-refractivity contribution is 0.292. The fraction of sp³-hybridized carbons (Fsp3) is 0.367. The van der Waals surface area contributed by atoms with Crippen molar-refractivity contribution in [2.24, 2.45) is 0 Å². The number of pyridine rings is 1. The van der Waals surface area contributed by atoms with E-state index in [0.29, 0.717) is 29.3 Å². The second-order valence-electron chi connectivity index (χ2n) is 10.3. The van der Waals surface area contributed by atoms with Crippen molar-refractivity contribution >= 4 is 27.6 Å². The van der Waals surface area contributed by atoms with Gasteiger partial charge in [0.15, 0.2) is 11.6 Å². The molecule has 7 rings (SSSR count). The Labute approximate surface area is 229 Å². The number of phenols is 1. The summed E-state index contributed by atoms with van der Waals surface area (Å²) in [5.74, 6) is 1.44. The van der Waals surface area contributed by atoms with E-state index in [2.05, 4.69) is 25.8 Å². The Bertz CT molecular complexity index is 1640. The molecule has 0 bridgehead atoms. The minimum atomic E-state index is -0.759. The molecular formula is C30H28F3N5O2. The van der Waals surface area contributed by atoms with Gasteiger partial charge in [-0.15, -0.1) is 6.42 Å². The number of nitrogens with zero attached hydrogens (tertiary/aromatic N) is 5. The molecule has 2 aromatic heterocycles. The third-order valence-corrected chi connectivity index (χ3v) is 7.87. The number of rotatable bonds is 3. The van der Waals surface area contributed by atoms with Crippen molar-refractivity contribution in [3.05, 3.63) is 47.7 Å². The molecule has 0 amide bonds. The highest BCUT2D eigenvalue weighted by atomic mass is 19.1. The molecule has 0 aliphatic carbocycles. The minimum Gasteiger partial charge on any atom is -0.508 e. The molecule has 3 aliphatic heterocycles. The molecule has 3 saturated heterocycles. The average Bonchev–Trinajstić information content (AvgIpc) is 3.50. The van der Waals surface area contributed by atoms with Gasteiger partial charge in [0, 0.05) is 36.6 Å². The zero-order chi connectivity index (χ0) is 28.0. The molecule has 1 N–H and O–H groups in total. The van der Waals surface area contributed by atoms with Gasteiger partial charge in [0.2, 0.25) is 5.88 Å². The van der Waals surface area contributed by atoms with E-state index >= 15 is 4.39 Å². The maximum Gasteiger partial charge on any atom is 0.232 e. The summed E-state index contributed by atoms with van der Waals surface area (Å²) in [4.78, 5) is 17.3. The lowest BCUT2D eigenvalue weighted by Crippen LogP contribution is -2.38. The second kappa shape index (κ2) is 10.5. The van der Waals surface area contributed by atoms with Gasteiger partial charge in [0.05, 0.1) is 18.9 Å². The SMILES string of the molecule is C#Cc1c(F)ccc2cc(O)cc(-c3nc(N4CCC4)c4ncc(OC)nc4c3F)c12.FC1CC2CCCN2C1. The molecule has 4 aromatic rings. The van der Waals surface area contributed by atoms with Crippen LogP contribution in [0.1, 0.15) is 31.2 Å². The smallest absolute Gasteiger partial charge is 0.232 e. The average molecular weight is 548 g/mol. The summed E-state index contributed by atoms with van der Waals surface area (Å²) in [5, 5.41) is 11.0. The van der Waals surface area contributed by atoms with E-state index in [-0.39, 0.29) is 39.4 Å². The monoisotopic (exact) mass is 547 g/mol. The number of halogens is 3. The number of benzene rings is 2. The zero-order valence-electron chi connectivity index (χ0n) is 22.0. The molecule has 7 nitrogen and oxygen atoms in total. The van der Waals surface area contributed by atoms with Crippen LogP contribution >= 0.6 is 0 Å². The van der Waals surface area contributed by atoms with Crippen LogP contribution in [0.4, 0.5) is 19.0 Å². The number of aromatic hydroxyl groups is 1. The Morgan fingerprint density at radius 3 is 2.62 bits per heavy atom. The van der Waals surface area contributed by atoms with Crippen molar-refractivity contribution < 1.29 is 23.0 Å². The van der Waals surface area contributed by atoms with Crippen molar-refractivity contribution in [1.29, 1.82) is 0 Å². The molecule has 0 spiro atoms. The van der Waals surface area contributed by atoms with E-state index in [4.69, 9.17) is 11.2 Å². The van der Waals surface area contributed by atoms with Gasteiger partial charge < -0.3 is 14.7 Å². The van der Waals surface area contributed by atoms with Gasteiger partial charge in [0.1, 0.15) is 34.5 Å². The van der Waals surface area contributed by atoms with Gasteiger partial charge in [-0.3, -0.25) is 4.90 Å². The molecule has 2 aromatic carbocycles. The summed E-state index contributed by atoms with van der Waals surface area (Å²) >= 11 is 0. The quantitative estimate of drug-likeness (QED) is 0.353. The predicted molar refractivity (Wildman–Crippen MR) is 147 cm³/mol. The highest BCUT2D eigenvalue weighted by Crippen LogP contribution is 2.40. The number of alkyl halides is 1. The zero-order valence-corrected chi connectivity index (χ0v) is 22.0. The number of terminal acetylenes is 1. The Hall–Kier alpha value is -4.10. The van der Waals surface area contributed by atoms with E-state index < -0.39 is 17.8 Å². The molecule has 0 saturated carbocycles. The second-order valence-corrected chi connectivity index (χ2v) is 10.3. The van der Waals surface area contributed by atoms with Crippen LogP contribution in [0, 0.1) is 24.0 Å². The standard InChI is InChI=1S/C23H16F2N4O2.C7H12FN/c1-3-14-16(24)6-5-12-9-13(30)10-15(18(12)14)20-19(25)21-22(26-11-17(27-21)31-2)23(28-20)29-7-4-8-29;8-6-4-7-2-1-3-9(7)5-6/h1,5-6,9-11,30H,4,7-8H2,2H3;6-7H,1-5H2. The minimum absolute atomic E-state index is 0.0265. The number of phenolic OH excluding ortho intramolecular Hbond substituents is 1. The summed E-state index contributed by atoms with van der Waals surface area (Å²) in [5.41, 5.74) is 0.320. The first-order chi connectivity index (χ1) is 19.4. The lowest BCUT2D eigenvalue weighted by atomic mass is 9.95. The van der Waals surface area contributed by atoms with Gasteiger partial charge in [-0.05, 0) is 55.8 Å². The van der Waals surface area contributed by atoms with Crippen molar-refractivity contribution in [2.45, 2.75) is 37.9 Å². The Kier molecular flexibility index (Phi) is 6.84. The number of fused-ring (bicyclic) bond motifs is 3. The molecule has 40 heavy (non-hydrogen) atoms. The van der Waals surface area contributed by atoms with Crippen LogP contribution in [0.15, 0.2) is 30.5 Å². The Balaban J connectivity index is 0.000000271. The number of hydrogen-bond donors (Lipinski definition) is 1. The lowest BCUT2D eigenvalue weighted by Gasteiger charge is -2.32. The first-order valence-electron chi connectivity index (χ1n) is 13.3. The largest absolute Gasteiger partial charge is 0.508 e. The van der Waals surface area contributed by atoms with E-state index in [1.807, 2.05) is 4.90 Å². The number of methoxy groups -OCH3 is 1. The van der Waals surface area contributed by atoms with Gasteiger partial charge in [-0.2, -0.15) is 0 Å². The summed E-state index contributed by atoms with van der Waals surface area (Å²) in [6.07, 6.45) is 10.8. The number of ether oxygens (including phenoxy) is 1. The first kappa shape index (κ1) is 26.1. The van der Waals surface area contributed by atoms with Gasteiger partial charge in [-0.1, -0.05) is 12.0 Å². The Morgan fingerprint density at radius 1 is 1.10 bits per heavy atom. The topological polar surface area (TPSA) is 74.6 Å². The summed E-state index contributed by atoms with van der Waals surface area (Å²) in [6.45, 7) is 3.34. The highest BCUT2D eigenvalue weighted by Gasteiger charge is 2.34. The molecule has 2 unspecified atom stereocenters. The third-order valence-electron chi connectivity index (χ3n) is 7.87. The van der Waals surface area contributed by atoms with Crippen LogP contribution in [0.25, 0.3) is 33.1 Å². The number of aromatic nitrogens is 3. The maximum atomic E-state index is 15.8. The van der Waals surface area contributed by atoms with Crippen LogP contribution in [0.3, 0.4) is 0 Å². The molecule has 10 heteroatoms. The van der Waals surface area contributed by atoms with E-state index in [1.165, 1.54) is 50.4 Å². The molecule has 206 valence electrons. The van der Waals surface area contributed by atoms with Gasteiger partial charge >= 0.3 is 0 Å². The fourth-order valence-corrected chi connectivity index (χ4v) is 5.81. The normalized spacial score (nSPS) is 20.1. The molecule has 2 atom stereocenters. The van der Waals surface area contributed by atoms with Crippen LogP contribution in [-0.4, -0.2) is 70.5 Å².